The second-order valence-electron chi connectivity index (χ2n) is 7.42. The van der Waals surface area contributed by atoms with Crippen LogP contribution >= 0.6 is 0 Å². The van der Waals surface area contributed by atoms with Crippen LogP contribution in [0.4, 0.5) is 17.6 Å². The Morgan fingerprint density at radius 1 is 1.25 bits per heavy atom. The Balaban J connectivity index is 1.68. The molecular weight excluding hydrogens is 354 g/mol. The summed E-state index contributed by atoms with van der Waals surface area (Å²) in [7, 11) is 0. The molecular formula is C20H25N7O. The Labute approximate surface area is 164 Å². The number of anilines is 3. The molecule has 1 atom stereocenters. The van der Waals surface area contributed by atoms with Crippen molar-refractivity contribution < 1.29 is 5.11 Å². The second-order valence-corrected chi connectivity index (χ2v) is 7.42. The molecule has 2 aromatic rings. The van der Waals surface area contributed by atoms with Crippen molar-refractivity contribution in [2.24, 2.45) is 5.92 Å². The predicted octanol–water partition coefficient (Wildman–Crippen LogP) is 2.47. The minimum atomic E-state index is 0.162. The minimum Gasteiger partial charge on any atom is -0.396 e. The monoisotopic (exact) mass is 379 g/mol. The van der Waals surface area contributed by atoms with Gasteiger partial charge in [0.15, 0.2) is 0 Å². The van der Waals surface area contributed by atoms with E-state index in [0.717, 1.165) is 31.6 Å². The van der Waals surface area contributed by atoms with Gasteiger partial charge in [0.05, 0.1) is 6.20 Å². The van der Waals surface area contributed by atoms with Gasteiger partial charge in [-0.15, -0.1) is 0 Å². The average Bonchev–Trinajstić information content (AvgIpc) is 3.41. The minimum absolute atomic E-state index is 0.162. The lowest BCUT2D eigenvalue weighted by Gasteiger charge is -2.31. The van der Waals surface area contributed by atoms with Crippen LogP contribution in [0, 0.1) is 17.2 Å². The van der Waals surface area contributed by atoms with Crippen LogP contribution in [0.3, 0.4) is 0 Å². The van der Waals surface area contributed by atoms with E-state index in [1.807, 2.05) is 23.2 Å². The summed E-state index contributed by atoms with van der Waals surface area (Å²) in [5.41, 5.74) is 0.450. The van der Waals surface area contributed by atoms with E-state index in [4.69, 9.17) is 4.98 Å². The first-order chi connectivity index (χ1) is 13.8. The zero-order valence-electron chi connectivity index (χ0n) is 15.8. The van der Waals surface area contributed by atoms with E-state index in [9.17, 15) is 10.4 Å². The first-order valence-electron chi connectivity index (χ1n) is 9.89. The molecule has 0 radical (unpaired) electrons. The summed E-state index contributed by atoms with van der Waals surface area (Å²) in [5, 5.41) is 26.5. The van der Waals surface area contributed by atoms with E-state index in [2.05, 4.69) is 26.4 Å². The SMILES string of the molecule is N#Cc1cnc(N(c2ccccn2)N2CCC(CO)C2)nc1NC1CCCC1. The molecule has 0 bridgehead atoms. The maximum atomic E-state index is 9.54. The van der Waals surface area contributed by atoms with Crippen LogP contribution in [0.25, 0.3) is 0 Å². The topological polar surface area (TPSA) is 101 Å². The zero-order chi connectivity index (χ0) is 19.3. The van der Waals surface area contributed by atoms with Gasteiger partial charge in [-0.2, -0.15) is 10.2 Å². The molecule has 2 fully saturated rings. The number of aliphatic hydroxyl groups excluding tert-OH is 1. The third-order valence-electron chi connectivity index (χ3n) is 5.45. The Hall–Kier alpha value is -2.76. The van der Waals surface area contributed by atoms with Gasteiger partial charge in [-0.1, -0.05) is 18.9 Å². The standard InChI is InChI=1S/C20H25N7O/c21-11-16-12-23-20(25-19(16)24-17-5-1-2-6-17)27(18-7-3-4-9-22-18)26-10-8-15(13-26)14-28/h3-4,7,9,12,15,17,28H,1-2,5-6,8,10,13-14H2,(H,23,24,25). The number of hydrazine groups is 1. The van der Waals surface area contributed by atoms with Crippen LogP contribution in [-0.2, 0) is 0 Å². The van der Waals surface area contributed by atoms with Gasteiger partial charge >= 0.3 is 0 Å². The van der Waals surface area contributed by atoms with Crippen LogP contribution in [0.15, 0.2) is 30.6 Å². The molecule has 1 saturated heterocycles. The fraction of sp³-hybridized carbons (Fsp3) is 0.500. The van der Waals surface area contributed by atoms with Crippen molar-refractivity contribution in [3.05, 3.63) is 36.2 Å². The summed E-state index contributed by atoms with van der Waals surface area (Å²) in [4.78, 5) is 13.7. The van der Waals surface area contributed by atoms with Crippen LogP contribution < -0.4 is 10.3 Å². The Bertz CT molecular complexity index is 832. The lowest BCUT2D eigenvalue weighted by molar-refractivity contribution is 0.221. The van der Waals surface area contributed by atoms with Crippen LogP contribution in [0.2, 0.25) is 0 Å². The number of pyridine rings is 1. The predicted molar refractivity (Wildman–Crippen MR) is 106 cm³/mol. The molecule has 8 nitrogen and oxygen atoms in total. The van der Waals surface area contributed by atoms with Gasteiger partial charge in [0, 0.05) is 31.9 Å². The average molecular weight is 379 g/mol. The molecule has 2 aliphatic rings. The molecule has 146 valence electrons. The third kappa shape index (κ3) is 3.91. The fourth-order valence-electron chi connectivity index (χ4n) is 3.93. The third-order valence-corrected chi connectivity index (χ3v) is 5.45. The van der Waals surface area contributed by atoms with Gasteiger partial charge in [-0.05, 0) is 37.3 Å². The van der Waals surface area contributed by atoms with Gasteiger partial charge in [0.25, 0.3) is 0 Å². The number of hydrogen-bond donors (Lipinski definition) is 2. The largest absolute Gasteiger partial charge is 0.396 e. The molecule has 1 aliphatic carbocycles. The molecule has 28 heavy (non-hydrogen) atoms. The Kier molecular flexibility index (Phi) is 5.65. The smallest absolute Gasteiger partial charge is 0.248 e. The van der Waals surface area contributed by atoms with Crippen molar-refractivity contribution >= 4 is 17.6 Å². The van der Waals surface area contributed by atoms with E-state index in [0.29, 0.717) is 29.9 Å². The first-order valence-corrected chi connectivity index (χ1v) is 9.89. The summed E-state index contributed by atoms with van der Waals surface area (Å²) in [5.74, 6) is 2.01. The number of nitrogens with zero attached hydrogens (tertiary/aromatic N) is 6. The van der Waals surface area contributed by atoms with Crippen LogP contribution in [-0.4, -0.2) is 50.8 Å². The highest BCUT2D eigenvalue weighted by molar-refractivity contribution is 5.58. The maximum absolute atomic E-state index is 9.54. The highest BCUT2D eigenvalue weighted by Gasteiger charge is 2.30. The number of nitriles is 1. The van der Waals surface area contributed by atoms with Gasteiger partial charge in [0.2, 0.25) is 5.95 Å². The number of nitrogens with one attached hydrogen (secondary N) is 1. The summed E-state index contributed by atoms with van der Waals surface area (Å²) < 4.78 is 0. The second kappa shape index (κ2) is 8.50. The number of rotatable bonds is 6. The van der Waals surface area contributed by atoms with Crippen molar-refractivity contribution in [3.8, 4) is 6.07 Å². The van der Waals surface area contributed by atoms with E-state index in [-0.39, 0.29) is 12.5 Å². The van der Waals surface area contributed by atoms with Crippen molar-refractivity contribution in [1.82, 2.24) is 20.0 Å². The van der Waals surface area contributed by atoms with Crippen molar-refractivity contribution in [1.29, 1.82) is 5.26 Å². The van der Waals surface area contributed by atoms with Crippen LogP contribution in [0.1, 0.15) is 37.7 Å². The summed E-state index contributed by atoms with van der Waals surface area (Å²) >= 11 is 0. The van der Waals surface area contributed by atoms with Gasteiger partial charge < -0.3 is 10.4 Å². The number of hydrogen-bond acceptors (Lipinski definition) is 8. The molecule has 0 spiro atoms. The van der Waals surface area contributed by atoms with Crippen molar-refractivity contribution in [3.63, 3.8) is 0 Å². The van der Waals surface area contributed by atoms with E-state index < -0.39 is 0 Å². The lowest BCUT2D eigenvalue weighted by Crippen LogP contribution is -2.39. The summed E-state index contributed by atoms with van der Waals surface area (Å²) in [6.07, 6.45) is 8.82. The normalized spacial score (nSPS) is 20.2. The molecule has 1 unspecified atom stereocenters. The highest BCUT2D eigenvalue weighted by Crippen LogP contribution is 2.30. The van der Waals surface area contributed by atoms with Crippen molar-refractivity contribution in [2.45, 2.75) is 38.1 Å². The zero-order valence-corrected chi connectivity index (χ0v) is 15.8. The Morgan fingerprint density at radius 3 is 2.79 bits per heavy atom. The molecule has 3 heterocycles. The van der Waals surface area contributed by atoms with E-state index >= 15 is 0 Å². The van der Waals surface area contributed by atoms with Crippen LogP contribution in [0.5, 0.6) is 0 Å². The van der Waals surface area contributed by atoms with Gasteiger partial charge in [0.1, 0.15) is 23.3 Å². The quantitative estimate of drug-likeness (QED) is 0.789. The van der Waals surface area contributed by atoms with Gasteiger partial charge in [-0.3, -0.25) is 0 Å². The lowest BCUT2D eigenvalue weighted by atomic mass is 10.1. The Morgan fingerprint density at radius 2 is 2.11 bits per heavy atom. The molecule has 2 N–H and O–H groups in total. The summed E-state index contributed by atoms with van der Waals surface area (Å²) in [6, 6.07) is 8.25. The number of aromatic nitrogens is 3. The van der Waals surface area contributed by atoms with E-state index in [1.165, 1.54) is 12.8 Å². The molecule has 8 heteroatoms. The molecule has 0 aromatic carbocycles. The maximum Gasteiger partial charge on any atom is 0.248 e. The summed E-state index contributed by atoms with van der Waals surface area (Å²) in [6.45, 7) is 1.66. The molecule has 1 aliphatic heterocycles. The molecule has 0 amide bonds. The molecule has 2 aromatic heterocycles. The fourth-order valence-corrected chi connectivity index (χ4v) is 3.93. The first kappa shape index (κ1) is 18.6. The van der Waals surface area contributed by atoms with Gasteiger partial charge in [-0.25, -0.2) is 20.0 Å². The van der Waals surface area contributed by atoms with E-state index in [1.54, 1.807) is 12.4 Å². The molecule has 4 rings (SSSR count). The highest BCUT2D eigenvalue weighted by atomic mass is 16.3. The molecule has 1 saturated carbocycles. The number of aliphatic hydroxyl groups is 1. The van der Waals surface area contributed by atoms with Crippen molar-refractivity contribution in [2.75, 3.05) is 30.0 Å².